The van der Waals surface area contributed by atoms with Crippen LogP contribution < -0.4 is 19.1 Å². The van der Waals surface area contributed by atoms with Crippen LogP contribution in [0.15, 0.2) is 84.9 Å². The Kier molecular flexibility index (Phi) is 11.8. The molecule has 3 aromatic rings. The minimum absolute atomic E-state index is 0.0902. The van der Waals surface area contributed by atoms with E-state index in [-0.39, 0.29) is 19.3 Å². The molecule has 3 heterocycles. The summed E-state index contributed by atoms with van der Waals surface area (Å²) in [6, 6.07) is 20.8. The van der Waals surface area contributed by atoms with E-state index in [0.29, 0.717) is 28.6 Å². The van der Waals surface area contributed by atoms with Crippen LogP contribution in [0.1, 0.15) is 69.1 Å². The first-order valence-corrected chi connectivity index (χ1v) is 17.2. The highest BCUT2D eigenvalue weighted by atomic mass is 16.7. The number of amides is 2. The lowest BCUT2D eigenvalue weighted by Gasteiger charge is -2.25. The molecule has 1 fully saturated rings. The van der Waals surface area contributed by atoms with Crippen molar-refractivity contribution in [2.24, 2.45) is 7.05 Å². The molecule has 2 amide bonds. The van der Waals surface area contributed by atoms with Gasteiger partial charge in [-0.15, -0.1) is 5.06 Å². The number of unbranched alkanes of at least 4 members (excludes halogenated alkanes) is 2. The first-order valence-electron chi connectivity index (χ1n) is 17.2. The van der Waals surface area contributed by atoms with Crippen molar-refractivity contribution in [3.05, 3.63) is 102 Å². The SMILES string of the molecule is CCN(CC)c1ccc2c(c1)O/C(=C(/C#N)c1cc[n+](C)cc1)C=C2/C=C/c1ccc(N(C)CCCCCC(=O)ON2C(=O)CCC2=O)cc1. The summed E-state index contributed by atoms with van der Waals surface area (Å²) in [4.78, 5) is 44.7. The second-order valence-electron chi connectivity index (χ2n) is 12.4. The highest BCUT2D eigenvalue weighted by Gasteiger charge is 2.32. The third-order valence-corrected chi connectivity index (χ3v) is 8.90. The van der Waals surface area contributed by atoms with E-state index in [2.05, 4.69) is 84.3 Å². The zero-order chi connectivity index (χ0) is 35.6. The van der Waals surface area contributed by atoms with Gasteiger partial charge in [-0.3, -0.25) is 9.59 Å². The minimum Gasteiger partial charge on any atom is -0.455 e. The Morgan fingerprint density at radius 3 is 2.30 bits per heavy atom. The number of nitriles is 1. The van der Waals surface area contributed by atoms with Crippen molar-refractivity contribution in [1.82, 2.24) is 5.06 Å². The Balaban J connectivity index is 1.24. The number of aromatic nitrogens is 1. The number of hydroxylamine groups is 2. The van der Waals surface area contributed by atoms with Crippen LogP contribution >= 0.6 is 0 Å². The number of allylic oxidation sites excluding steroid dienone is 4. The molecule has 1 aromatic heterocycles. The number of anilines is 2. The molecular formula is C40H44N5O5+. The average Bonchev–Trinajstić information content (AvgIpc) is 3.44. The van der Waals surface area contributed by atoms with E-state index in [9.17, 15) is 19.6 Å². The van der Waals surface area contributed by atoms with Crippen molar-refractivity contribution < 1.29 is 28.5 Å². The summed E-state index contributed by atoms with van der Waals surface area (Å²) in [5.74, 6) is -0.257. The van der Waals surface area contributed by atoms with Gasteiger partial charge in [0.1, 0.15) is 30.2 Å². The maximum absolute atomic E-state index is 12.0. The van der Waals surface area contributed by atoms with Gasteiger partial charge in [0.15, 0.2) is 12.4 Å². The number of hydrogen-bond acceptors (Lipinski definition) is 8. The van der Waals surface area contributed by atoms with Gasteiger partial charge in [0.05, 0.1) is 0 Å². The van der Waals surface area contributed by atoms with Gasteiger partial charge in [-0.05, 0) is 68.2 Å². The van der Waals surface area contributed by atoms with E-state index >= 15 is 0 Å². The van der Waals surface area contributed by atoms with Crippen molar-refractivity contribution in [3.8, 4) is 11.8 Å². The van der Waals surface area contributed by atoms with E-state index in [4.69, 9.17) is 9.57 Å². The van der Waals surface area contributed by atoms with Crippen molar-refractivity contribution in [2.75, 3.05) is 36.5 Å². The van der Waals surface area contributed by atoms with Gasteiger partial charge in [0, 0.05) is 86.6 Å². The second kappa shape index (κ2) is 16.6. The summed E-state index contributed by atoms with van der Waals surface area (Å²) in [6.45, 7) is 6.82. The zero-order valence-corrected chi connectivity index (χ0v) is 29.2. The second-order valence-corrected chi connectivity index (χ2v) is 12.4. The molecule has 258 valence electrons. The molecule has 10 nitrogen and oxygen atoms in total. The van der Waals surface area contributed by atoms with Gasteiger partial charge < -0.3 is 19.4 Å². The smallest absolute Gasteiger partial charge is 0.333 e. The molecule has 5 rings (SSSR count). The molecule has 2 aliphatic heterocycles. The lowest BCUT2D eigenvalue weighted by Crippen LogP contribution is -2.31. The third kappa shape index (κ3) is 8.66. The van der Waals surface area contributed by atoms with Crippen molar-refractivity contribution in [2.45, 2.75) is 52.4 Å². The lowest BCUT2D eigenvalue weighted by molar-refractivity contribution is -0.671. The van der Waals surface area contributed by atoms with Gasteiger partial charge in [-0.1, -0.05) is 30.7 Å². The summed E-state index contributed by atoms with van der Waals surface area (Å²) in [5, 5.41) is 10.8. The van der Waals surface area contributed by atoms with Gasteiger partial charge in [0.2, 0.25) is 0 Å². The van der Waals surface area contributed by atoms with Gasteiger partial charge in [-0.25, -0.2) is 9.36 Å². The summed E-state index contributed by atoms with van der Waals surface area (Å²) in [5.41, 5.74) is 6.35. The van der Waals surface area contributed by atoms with E-state index in [1.54, 1.807) is 0 Å². The molecule has 0 N–H and O–H groups in total. The molecule has 0 saturated carbocycles. The number of nitrogens with zero attached hydrogens (tertiary/aromatic N) is 5. The Labute approximate surface area is 294 Å². The number of rotatable bonds is 14. The predicted octanol–water partition coefficient (Wildman–Crippen LogP) is 6.39. The van der Waals surface area contributed by atoms with E-state index in [1.165, 1.54) is 0 Å². The number of aryl methyl sites for hydroxylation is 1. The van der Waals surface area contributed by atoms with Crippen molar-refractivity contribution in [1.29, 1.82) is 5.26 Å². The quantitative estimate of drug-likeness (QED) is 0.0839. The highest BCUT2D eigenvalue weighted by molar-refractivity contribution is 6.01. The summed E-state index contributed by atoms with van der Waals surface area (Å²) < 4.78 is 8.35. The van der Waals surface area contributed by atoms with E-state index < -0.39 is 17.8 Å². The largest absolute Gasteiger partial charge is 0.455 e. The number of carbonyl (C=O) groups is 3. The maximum Gasteiger partial charge on any atom is 0.333 e. The van der Waals surface area contributed by atoms with Gasteiger partial charge >= 0.3 is 5.97 Å². The standard InChI is InChI=1S/C40H44N5O5/c1-5-44(6-2)33-17-18-34-31(26-36(49-37(34)27-33)35(28-41)30-21-24-42(3)25-22-30)14-11-29-12-15-32(16-13-29)43(4)23-9-7-8-10-40(48)50-45-38(46)19-20-39(45)47/h11-18,21-22,24-27H,5-10,19-20,23H2,1-4H3/q+1. The van der Waals surface area contributed by atoms with E-state index in [0.717, 1.165) is 66.1 Å². The number of ether oxygens (including phenoxy) is 1. The van der Waals surface area contributed by atoms with Crippen LogP contribution in [0.25, 0.3) is 17.2 Å². The summed E-state index contributed by atoms with van der Waals surface area (Å²) >= 11 is 0. The Morgan fingerprint density at radius 1 is 0.960 bits per heavy atom. The molecule has 50 heavy (non-hydrogen) atoms. The molecule has 2 aliphatic rings. The number of hydrogen-bond donors (Lipinski definition) is 0. The summed E-state index contributed by atoms with van der Waals surface area (Å²) in [7, 11) is 3.98. The fraction of sp³-hybridized carbons (Fsp3) is 0.325. The Morgan fingerprint density at radius 2 is 1.64 bits per heavy atom. The van der Waals surface area contributed by atoms with Crippen LogP contribution in [0, 0.1) is 11.3 Å². The van der Waals surface area contributed by atoms with Crippen LogP contribution in [0.5, 0.6) is 5.75 Å². The lowest BCUT2D eigenvalue weighted by atomic mass is 9.97. The third-order valence-electron chi connectivity index (χ3n) is 8.90. The molecular weight excluding hydrogens is 630 g/mol. The molecule has 10 heteroatoms. The van der Waals surface area contributed by atoms with Crippen LogP contribution in [-0.4, -0.2) is 49.5 Å². The van der Waals surface area contributed by atoms with Crippen LogP contribution in [-0.2, 0) is 26.3 Å². The van der Waals surface area contributed by atoms with E-state index in [1.807, 2.05) is 49.3 Å². The van der Waals surface area contributed by atoms with Gasteiger partial charge in [0.25, 0.3) is 11.8 Å². The number of benzene rings is 2. The first kappa shape index (κ1) is 35.6. The predicted molar refractivity (Wildman–Crippen MR) is 193 cm³/mol. The number of carbonyl (C=O) groups excluding carboxylic acids is 3. The molecule has 2 aromatic carbocycles. The van der Waals surface area contributed by atoms with Crippen LogP contribution in [0.3, 0.4) is 0 Å². The molecule has 0 bridgehead atoms. The first-order chi connectivity index (χ1) is 24.2. The zero-order valence-electron chi connectivity index (χ0n) is 29.2. The maximum atomic E-state index is 12.0. The molecule has 1 saturated heterocycles. The van der Waals surface area contributed by atoms with Crippen LogP contribution in [0.4, 0.5) is 11.4 Å². The number of imide groups is 1. The fourth-order valence-electron chi connectivity index (χ4n) is 5.93. The van der Waals surface area contributed by atoms with Crippen LogP contribution in [0.2, 0.25) is 0 Å². The molecule has 0 aliphatic carbocycles. The fourth-order valence-corrected chi connectivity index (χ4v) is 5.93. The molecule has 0 spiro atoms. The normalized spacial score (nSPS) is 14.9. The Bertz CT molecular complexity index is 1830. The minimum atomic E-state index is -0.557. The number of fused-ring (bicyclic) bond motifs is 1. The van der Waals surface area contributed by atoms with Crippen molar-refractivity contribution in [3.63, 3.8) is 0 Å². The number of pyridine rings is 1. The topological polar surface area (TPSA) is 107 Å². The summed E-state index contributed by atoms with van der Waals surface area (Å²) in [6.07, 6.45) is 12.5. The van der Waals surface area contributed by atoms with Crippen molar-refractivity contribution >= 4 is 46.4 Å². The average molecular weight is 675 g/mol. The Hall–Kier alpha value is -5.69. The molecule has 0 atom stereocenters. The highest BCUT2D eigenvalue weighted by Crippen LogP contribution is 2.39. The molecule has 0 unspecified atom stereocenters. The van der Waals surface area contributed by atoms with Gasteiger partial charge in [-0.2, -0.15) is 5.26 Å². The monoisotopic (exact) mass is 674 g/mol. The molecule has 0 radical (unpaired) electrons.